The summed E-state index contributed by atoms with van der Waals surface area (Å²) in [5, 5.41) is 3.36. The highest BCUT2D eigenvalue weighted by Gasteiger charge is 2.60. The van der Waals surface area contributed by atoms with Gasteiger partial charge in [-0.1, -0.05) is 17.7 Å². The number of aryl methyl sites for hydroxylation is 1. The Hall–Kier alpha value is -1.88. The molecule has 4 atom stereocenters. The minimum absolute atomic E-state index is 0.0612. The topological polar surface area (TPSA) is 66.5 Å². The Bertz CT molecular complexity index is 735. The summed E-state index contributed by atoms with van der Waals surface area (Å²) in [5.41, 5.74) is 1.57. The molecule has 1 aromatic rings. The zero-order valence-corrected chi connectivity index (χ0v) is 14.9. The van der Waals surface area contributed by atoms with E-state index in [2.05, 4.69) is 5.32 Å². The Morgan fingerprint density at radius 1 is 1.20 bits per heavy atom. The lowest BCUT2D eigenvalue weighted by Gasteiger charge is -2.19. The van der Waals surface area contributed by atoms with Gasteiger partial charge in [0.05, 0.1) is 11.8 Å². The Balaban J connectivity index is 1.38. The third-order valence-corrected chi connectivity index (χ3v) is 6.29. The zero-order chi connectivity index (χ0) is 17.7. The number of carbonyl (C=O) groups excluding carboxylic acids is 3. The van der Waals surface area contributed by atoms with Crippen LogP contribution in [-0.2, 0) is 14.4 Å². The van der Waals surface area contributed by atoms with Crippen LogP contribution in [-0.4, -0.2) is 29.2 Å². The smallest absolute Gasteiger partial charge is 0.233 e. The second-order valence-corrected chi connectivity index (χ2v) is 7.91. The number of fused-ring (bicyclic) bond motifs is 5. The fourth-order valence-corrected chi connectivity index (χ4v) is 5.02. The number of halogens is 1. The van der Waals surface area contributed by atoms with Gasteiger partial charge in [-0.15, -0.1) is 0 Å². The summed E-state index contributed by atoms with van der Waals surface area (Å²) >= 11 is 5.96. The van der Waals surface area contributed by atoms with E-state index in [1.807, 2.05) is 13.0 Å². The SMILES string of the molecule is Cc1ccc(Cl)cc1NC(=O)CCN1C(=O)[C@@H]2[C@H]3CC[C@@H](C3)[C@@H]2C1=O. The van der Waals surface area contributed by atoms with Gasteiger partial charge in [0.25, 0.3) is 0 Å². The van der Waals surface area contributed by atoms with Crippen LogP contribution in [0.15, 0.2) is 18.2 Å². The van der Waals surface area contributed by atoms with Crippen LogP contribution in [0, 0.1) is 30.6 Å². The molecule has 1 N–H and O–H groups in total. The summed E-state index contributed by atoms with van der Waals surface area (Å²) in [6.07, 6.45) is 3.26. The number of anilines is 1. The quantitative estimate of drug-likeness (QED) is 0.839. The molecular weight excluding hydrogens is 340 g/mol. The maximum Gasteiger partial charge on any atom is 0.233 e. The third-order valence-electron chi connectivity index (χ3n) is 6.05. The standard InChI is InChI=1S/C19H21ClN2O3/c1-10-2-5-13(20)9-14(10)21-15(23)6-7-22-18(24)16-11-3-4-12(8-11)17(16)19(22)25/h2,5,9,11-12,16-17H,3-4,6-8H2,1H3,(H,21,23)/t11-,12-,16-,17+/m0/s1. The molecule has 1 heterocycles. The summed E-state index contributed by atoms with van der Waals surface area (Å²) < 4.78 is 0. The largest absolute Gasteiger partial charge is 0.326 e. The third kappa shape index (κ3) is 2.74. The number of hydrogen-bond donors (Lipinski definition) is 1. The number of amides is 3. The van der Waals surface area contributed by atoms with Gasteiger partial charge in [0.2, 0.25) is 17.7 Å². The minimum atomic E-state index is -0.217. The lowest BCUT2D eigenvalue weighted by atomic mass is 9.81. The van der Waals surface area contributed by atoms with Crippen molar-refractivity contribution in [3.63, 3.8) is 0 Å². The van der Waals surface area contributed by atoms with Crippen molar-refractivity contribution in [2.45, 2.75) is 32.6 Å². The minimum Gasteiger partial charge on any atom is -0.326 e. The number of nitrogens with one attached hydrogen (secondary N) is 1. The Labute approximate surface area is 151 Å². The van der Waals surface area contributed by atoms with Gasteiger partial charge < -0.3 is 5.32 Å². The summed E-state index contributed by atoms with van der Waals surface area (Å²) in [6.45, 7) is 2.05. The molecule has 2 aliphatic carbocycles. The molecule has 25 heavy (non-hydrogen) atoms. The van der Waals surface area contributed by atoms with Crippen LogP contribution >= 0.6 is 11.6 Å². The van der Waals surface area contributed by atoms with Gasteiger partial charge in [-0.05, 0) is 55.7 Å². The first kappa shape index (κ1) is 16.6. The molecule has 1 aromatic carbocycles. The van der Waals surface area contributed by atoms with Crippen LogP contribution in [0.3, 0.4) is 0 Å². The maximum atomic E-state index is 12.6. The molecule has 5 nitrogen and oxygen atoms in total. The first-order valence-electron chi connectivity index (χ1n) is 8.87. The molecule has 4 rings (SSSR count). The van der Waals surface area contributed by atoms with Crippen molar-refractivity contribution in [1.29, 1.82) is 0 Å². The number of imide groups is 1. The van der Waals surface area contributed by atoms with Crippen molar-refractivity contribution in [1.82, 2.24) is 4.90 Å². The van der Waals surface area contributed by atoms with E-state index in [0.717, 1.165) is 24.8 Å². The van der Waals surface area contributed by atoms with E-state index < -0.39 is 0 Å². The molecule has 1 saturated heterocycles. The molecule has 132 valence electrons. The molecule has 6 heteroatoms. The lowest BCUT2D eigenvalue weighted by molar-refractivity contribution is -0.140. The Kier molecular flexibility index (Phi) is 4.07. The normalized spacial score (nSPS) is 30.1. The average molecular weight is 361 g/mol. The predicted octanol–water partition coefficient (Wildman–Crippen LogP) is 3.01. The zero-order valence-electron chi connectivity index (χ0n) is 14.1. The molecule has 1 aliphatic heterocycles. The highest BCUT2D eigenvalue weighted by atomic mass is 35.5. The van der Waals surface area contributed by atoms with E-state index in [1.165, 1.54) is 4.90 Å². The van der Waals surface area contributed by atoms with E-state index in [9.17, 15) is 14.4 Å². The van der Waals surface area contributed by atoms with E-state index in [-0.39, 0.29) is 42.5 Å². The lowest BCUT2D eigenvalue weighted by Crippen LogP contribution is -2.35. The predicted molar refractivity (Wildman–Crippen MR) is 94.0 cm³/mol. The van der Waals surface area contributed by atoms with Crippen LogP contribution in [0.5, 0.6) is 0 Å². The van der Waals surface area contributed by atoms with Gasteiger partial charge in [0.15, 0.2) is 0 Å². The van der Waals surface area contributed by atoms with Gasteiger partial charge >= 0.3 is 0 Å². The molecule has 2 saturated carbocycles. The van der Waals surface area contributed by atoms with E-state index >= 15 is 0 Å². The highest BCUT2D eigenvalue weighted by molar-refractivity contribution is 6.31. The van der Waals surface area contributed by atoms with Crippen molar-refractivity contribution in [2.75, 3.05) is 11.9 Å². The average Bonchev–Trinajstić information content (AvgIpc) is 3.24. The second-order valence-electron chi connectivity index (χ2n) is 7.47. The number of rotatable bonds is 4. The molecule has 2 bridgehead atoms. The van der Waals surface area contributed by atoms with E-state index in [4.69, 9.17) is 11.6 Å². The van der Waals surface area contributed by atoms with Gasteiger partial charge in [0.1, 0.15) is 0 Å². The summed E-state index contributed by atoms with van der Waals surface area (Å²) in [4.78, 5) is 38.8. The second kappa shape index (κ2) is 6.13. The Morgan fingerprint density at radius 3 is 2.48 bits per heavy atom. The fraction of sp³-hybridized carbons (Fsp3) is 0.526. The van der Waals surface area contributed by atoms with Crippen molar-refractivity contribution in [2.24, 2.45) is 23.7 Å². The molecule has 0 radical (unpaired) electrons. The molecule has 3 aliphatic rings. The monoisotopic (exact) mass is 360 g/mol. The molecular formula is C19H21ClN2O3. The number of carbonyl (C=O) groups is 3. The van der Waals surface area contributed by atoms with Gasteiger partial charge in [-0.25, -0.2) is 0 Å². The van der Waals surface area contributed by atoms with Crippen molar-refractivity contribution < 1.29 is 14.4 Å². The van der Waals surface area contributed by atoms with Crippen LogP contribution < -0.4 is 5.32 Å². The van der Waals surface area contributed by atoms with Crippen LogP contribution in [0.2, 0.25) is 5.02 Å². The summed E-state index contributed by atoms with van der Waals surface area (Å²) in [5.74, 6) is 0.168. The maximum absolute atomic E-state index is 12.6. The van der Waals surface area contributed by atoms with Crippen molar-refractivity contribution in [3.8, 4) is 0 Å². The molecule has 0 unspecified atom stereocenters. The van der Waals surface area contributed by atoms with Gasteiger partial charge in [-0.2, -0.15) is 0 Å². The van der Waals surface area contributed by atoms with Crippen molar-refractivity contribution >= 4 is 35.0 Å². The van der Waals surface area contributed by atoms with Gasteiger partial charge in [0, 0.05) is 23.7 Å². The van der Waals surface area contributed by atoms with Gasteiger partial charge in [-0.3, -0.25) is 19.3 Å². The molecule has 0 aromatic heterocycles. The van der Waals surface area contributed by atoms with E-state index in [1.54, 1.807) is 12.1 Å². The number of likely N-dealkylation sites (tertiary alicyclic amines) is 1. The van der Waals surface area contributed by atoms with Crippen LogP contribution in [0.1, 0.15) is 31.2 Å². The number of hydrogen-bond acceptors (Lipinski definition) is 3. The first-order valence-corrected chi connectivity index (χ1v) is 9.24. The number of benzene rings is 1. The number of nitrogens with zero attached hydrogens (tertiary/aromatic N) is 1. The van der Waals surface area contributed by atoms with Crippen LogP contribution in [0.4, 0.5) is 5.69 Å². The molecule has 3 amide bonds. The Morgan fingerprint density at radius 2 is 1.84 bits per heavy atom. The fourth-order valence-electron chi connectivity index (χ4n) is 4.85. The summed E-state index contributed by atoms with van der Waals surface area (Å²) in [6, 6.07) is 5.30. The first-order chi connectivity index (χ1) is 12.0. The molecule has 3 fully saturated rings. The summed E-state index contributed by atoms with van der Waals surface area (Å²) in [7, 11) is 0. The van der Waals surface area contributed by atoms with Crippen LogP contribution in [0.25, 0.3) is 0 Å². The van der Waals surface area contributed by atoms with Crippen molar-refractivity contribution in [3.05, 3.63) is 28.8 Å². The van der Waals surface area contributed by atoms with E-state index in [0.29, 0.717) is 22.5 Å². The highest BCUT2D eigenvalue weighted by Crippen LogP contribution is 2.56. The molecule has 0 spiro atoms.